The second kappa shape index (κ2) is 10.6. The van der Waals surface area contributed by atoms with Crippen LogP contribution in [0.15, 0.2) is 48.5 Å². The molecule has 1 N–H and O–H groups in total. The molecule has 2 atom stereocenters. The summed E-state index contributed by atoms with van der Waals surface area (Å²) in [4.78, 5) is 43.7. The van der Waals surface area contributed by atoms with Gasteiger partial charge in [0.05, 0.1) is 12.7 Å². The second-order valence-corrected chi connectivity index (χ2v) is 10.4. The molecule has 196 valence electrons. The van der Waals surface area contributed by atoms with Crippen molar-refractivity contribution in [3.63, 3.8) is 0 Å². The third kappa shape index (κ3) is 5.26. The largest absolute Gasteiger partial charge is 0.376 e. The minimum Gasteiger partial charge on any atom is -0.376 e. The molecule has 8 nitrogen and oxygen atoms in total. The van der Waals surface area contributed by atoms with Gasteiger partial charge in [-0.3, -0.25) is 19.3 Å². The summed E-state index contributed by atoms with van der Waals surface area (Å²) in [5.74, 6) is -0.491. The molecule has 0 saturated carbocycles. The van der Waals surface area contributed by atoms with E-state index >= 15 is 0 Å². The van der Waals surface area contributed by atoms with Crippen molar-refractivity contribution in [1.82, 2.24) is 15.1 Å². The summed E-state index contributed by atoms with van der Waals surface area (Å²) in [5.41, 5.74) is 2.39. The molecule has 0 aromatic heterocycles. The van der Waals surface area contributed by atoms with Crippen molar-refractivity contribution in [3.05, 3.63) is 70.8 Å². The summed E-state index contributed by atoms with van der Waals surface area (Å²) in [5, 5.41) is 2.98. The number of amides is 3. The number of ether oxygens (including phenoxy) is 2. The van der Waals surface area contributed by atoms with Crippen molar-refractivity contribution in [2.24, 2.45) is 0 Å². The van der Waals surface area contributed by atoms with E-state index in [1.807, 2.05) is 50.2 Å². The highest BCUT2D eigenvalue weighted by Crippen LogP contribution is 2.39. The monoisotopic (exact) mass is 505 g/mol. The Labute approximate surface area is 217 Å². The average molecular weight is 506 g/mol. The maximum absolute atomic E-state index is 13.8. The van der Waals surface area contributed by atoms with Crippen LogP contribution in [0.1, 0.15) is 57.5 Å². The van der Waals surface area contributed by atoms with Crippen LogP contribution in [-0.2, 0) is 14.3 Å². The Morgan fingerprint density at radius 1 is 0.919 bits per heavy atom. The van der Waals surface area contributed by atoms with Gasteiger partial charge in [0.1, 0.15) is 11.8 Å². The molecule has 0 aliphatic carbocycles. The molecule has 5 rings (SSSR count). The lowest BCUT2D eigenvalue weighted by atomic mass is 9.95. The maximum atomic E-state index is 13.8. The molecular formula is C29H35N3O5. The molecule has 2 aromatic rings. The lowest BCUT2D eigenvalue weighted by molar-refractivity contribution is -0.128. The molecule has 3 saturated heterocycles. The zero-order chi connectivity index (χ0) is 26.0. The van der Waals surface area contributed by atoms with Crippen LogP contribution in [0.5, 0.6) is 0 Å². The van der Waals surface area contributed by atoms with Gasteiger partial charge in [-0.1, -0.05) is 35.4 Å². The van der Waals surface area contributed by atoms with Gasteiger partial charge in [-0.15, -0.1) is 0 Å². The topological polar surface area (TPSA) is 88.2 Å². The van der Waals surface area contributed by atoms with Crippen molar-refractivity contribution in [1.29, 1.82) is 0 Å². The Morgan fingerprint density at radius 3 is 2.08 bits per heavy atom. The molecule has 8 heteroatoms. The van der Waals surface area contributed by atoms with Crippen LogP contribution in [0.4, 0.5) is 0 Å². The Kier molecular flexibility index (Phi) is 7.31. The summed E-state index contributed by atoms with van der Waals surface area (Å²) in [6, 6.07) is 14.2. The van der Waals surface area contributed by atoms with E-state index in [-0.39, 0.29) is 30.4 Å². The summed E-state index contributed by atoms with van der Waals surface area (Å²) < 4.78 is 11.9. The third-order valence-corrected chi connectivity index (χ3v) is 7.74. The minimum atomic E-state index is -0.933. The summed E-state index contributed by atoms with van der Waals surface area (Å²) in [7, 11) is 0. The van der Waals surface area contributed by atoms with Crippen LogP contribution in [0.2, 0.25) is 0 Å². The second-order valence-electron chi connectivity index (χ2n) is 10.4. The van der Waals surface area contributed by atoms with E-state index in [0.29, 0.717) is 50.2 Å². The lowest BCUT2D eigenvalue weighted by Gasteiger charge is -2.44. The molecule has 3 amide bonds. The molecule has 3 heterocycles. The van der Waals surface area contributed by atoms with Crippen LogP contribution < -0.4 is 5.32 Å². The van der Waals surface area contributed by atoms with E-state index in [0.717, 1.165) is 24.0 Å². The van der Waals surface area contributed by atoms with Gasteiger partial charge in [-0.05, 0) is 51.0 Å². The van der Waals surface area contributed by atoms with E-state index in [9.17, 15) is 14.4 Å². The highest BCUT2D eigenvalue weighted by Gasteiger charge is 2.54. The van der Waals surface area contributed by atoms with Gasteiger partial charge in [0.25, 0.3) is 11.8 Å². The van der Waals surface area contributed by atoms with E-state index in [4.69, 9.17) is 9.47 Å². The number of benzene rings is 2. The number of piperidine rings is 1. The van der Waals surface area contributed by atoms with Gasteiger partial charge in [0.2, 0.25) is 5.91 Å². The summed E-state index contributed by atoms with van der Waals surface area (Å²) in [6.45, 7) is 6.10. The van der Waals surface area contributed by atoms with Crippen LogP contribution in [0.25, 0.3) is 0 Å². The molecule has 3 aliphatic heterocycles. The summed E-state index contributed by atoms with van der Waals surface area (Å²) >= 11 is 0. The fourth-order valence-corrected chi connectivity index (χ4v) is 5.48. The Hall–Kier alpha value is -3.23. The first kappa shape index (κ1) is 25.4. The lowest BCUT2D eigenvalue weighted by Crippen LogP contribution is -2.60. The standard InChI is InChI=1S/C29H35N3O5/c1-20-5-9-22(10-6-20)27(34)31-15-13-29(14-16-31)32(28(35)23-11-7-21(2)8-12-23)25(19-37-29)26(33)30-18-24-4-3-17-36-24/h5-12,24-25H,3-4,13-19H2,1-2H3,(H,30,33). The molecular weight excluding hydrogens is 470 g/mol. The van der Waals surface area contributed by atoms with E-state index in [1.54, 1.807) is 21.9 Å². The number of nitrogens with one attached hydrogen (secondary N) is 1. The van der Waals surface area contributed by atoms with E-state index in [1.165, 1.54) is 0 Å². The van der Waals surface area contributed by atoms with Gasteiger partial charge >= 0.3 is 0 Å². The SMILES string of the molecule is Cc1ccc(C(=O)N2CCC3(CC2)OCC(C(=O)NCC2CCCO2)N3C(=O)c2ccc(C)cc2)cc1. The molecule has 0 bridgehead atoms. The maximum Gasteiger partial charge on any atom is 0.256 e. The van der Waals surface area contributed by atoms with Gasteiger partial charge in [-0.25, -0.2) is 0 Å². The van der Waals surface area contributed by atoms with Crippen LogP contribution >= 0.6 is 0 Å². The molecule has 2 unspecified atom stereocenters. The third-order valence-electron chi connectivity index (χ3n) is 7.74. The van der Waals surface area contributed by atoms with Crippen molar-refractivity contribution < 1.29 is 23.9 Å². The Bertz CT molecular complexity index is 1130. The predicted molar refractivity (Wildman–Crippen MR) is 138 cm³/mol. The van der Waals surface area contributed by atoms with Crippen molar-refractivity contribution in [3.8, 4) is 0 Å². The zero-order valence-electron chi connectivity index (χ0n) is 21.6. The zero-order valence-corrected chi connectivity index (χ0v) is 21.6. The number of hydrogen-bond acceptors (Lipinski definition) is 5. The fourth-order valence-electron chi connectivity index (χ4n) is 5.48. The highest BCUT2D eigenvalue weighted by molar-refractivity contribution is 5.98. The van der Waals surface area contributed by atoms with Crippen molar-refractivity contribution in [2.75, 3.05) is 32.8 Å². The fraction of sp³-hybridized carbons (Fsp3) is 0.483. The quantitative estimate of drug-likeness (QED) is 0.675. The molecule has 0 radical (unpaired) electrons. The van der Waals surface area contributed by atoms with Crippen LogP contribution in [0.3, 0.4) is 0 Å². The Balaban J connectivity index is 1.34. The first-order chi connectivity index (χ1) is 17.9. The average Bonchev–Trinajstić information content (AvgIpc) is 3.56. The summed E-state index contributed by atoms with van der Waals surface area (Å²) in [6.07, 6.45) is 2.81. The van der Waals surface area contributed by atoms with Crippen LogP contribution in [0, 0.1) is 13.8 Å². The highest BCUT2D eigenvalue weighted by atomic mass is 16.5. The smallest absolute Gasteiger partial charge is 0.256 e. The molecule has 3 aliphatic rings. The first-order valence-corrected chi connectivity index (χ1v) is 13.2. The van der Waals surface area contributed by atoms with Gasteiger partial charge < -0.3 is 19.7 Å². The van der Waals surface area contributed by atoms with Crippen molar-refractivity contribution in [2.45, 2.75) is 57.4 Å². The molecule has 2 aromatic carbocycles. The minimum absolute atomic E-state index is 0.0116. The number of hydrogen-bond donors (Lipinski definition) is 1. The normalized spacial score (nSPS) is 22.9. The molecule has 1 spiro atoms. The molecule has 37 heavy (non-hydrogen) atoms. The van der Waals surface area contributed by atoms with Crippen molar-refractivity contribution >= 4 is 17.7 Å². The number of carbonyl (C=O) groups excluding carboxylic acids is 3. The number of aryl methyl sites for hydroxylation is 2. The number of likely N-dealkylation sites (tertiary alicyclic amines) is 1. The van der Waals surface area contributed by atoms with E-state index < -0.39 is 11.8 Å². The predicted octanol–water partition coefficient (Wildman–Crippen LogP) is 3.07. The number of carbonyl (C=O) groups is 3. The van der Waals surface area contributed by atoms with E-state index in [2.05, 4.69) is 5.32 Å². The number of rotatable bonds is 5. The van der Waals surface area contributed by atoms with Gasteiger partial charge in [-0.2, -0.15) is 0 Å². The molecule has 3 fully saturated rings. The van der Waals surface area contributed by atoms with Gasteiger partial charge in [0, 0.05) is 50.2 Å². The number of nitrogens with zero attached hydrogens (tertiary/aromatic N) is 2. The Morgan fingerprint density at radius 2 is 1.51 bits per heavy atom. The first-order valence-electron chi connectivity index (χ1n) is 13.2. The van der Waals surface area contributed by atoms with Crippen LogP contribution in [-0.4, -0.2) is 78.2 Å². The van der Waals surface area contributed by atoms with Gasteiger partial charge in [0.15, 0.2) is 0 Å².